The Morgan fingerprint density at radius 2 is 2.05 bits per heavy atom. The van der Waals surface area contributed by atoms with Crippen LogP contribution in [-0.4, -0.2) is 47.9 Å². The van der Waals surface area contributed by atoms with Gasteiger partial charge >= 0.3 is 0 Å². The van der Waals surface area contributed by atoms with Gasteiger partial charge in [-0.15, -0.1) is 0 Å². The molecule has 1 aromatic carbocycles. The molecule has 1 aliphatic heterocycles. The van der Waals surface area contributed by atoms with Gasteiger partial charge in [-0.05, 0) is 18.7 Å². The maximum absolute atomic E-state index is 10.8. The first-order chi connectivity index (χ1) is 9.10. The zero-order valence-corrected chi connectivity index (χ0v) is 11.0. The van der Waals surface area contributed by atoms with Gasteiger partial charge in [0.2, 0.25) is 0 Å². The molecule has 7 heteroatoms. The largest absolute Gasteiger partial charge is 0.324 e. The molecule has 0 radical (unpaired) electrons. The summed E-state index contributed by atoms with van der Waals surface area (Å²) in [4.78, 5) is 15.0. The normalized spacial score (nSPS) is 17.4. The molecular formula is C12H19N5O2. The summed E-state index contributed by atoms with van der Waals surface area (Å²) in [5.41, 5.74) is 4.30. The van der Waals surface area contributed by atoms with Crippen molar-refractivity contribution in [2.45, 2.75) is 6.54 Å². The number of nitro groups is 1. The molecule has 1 fully saturated rings. The van der Waals surface area contributed by atoms with E-state index in [1.165, 1.54) is 6.07 Å². The molecule has 0 spiro atoms. The third-order valence-corrected chi connectivity index (χ3v) is 3.44. The Kier molecular flexibility index (Phi) is 4.31. The molecule has 0 saturated carbocycles. The second-order valence-corrected chi connectivity index (χ2v) is 4.82. The summed E-state index contributed by atoms with van der Waals surface area (Å²) in [6.45, 7) is 4.63. The minimum absolute atomic E-state index is 0.100. The van der Waals surface area contributed by atoms with Gasteiger partial charge < -0.3 is 10.3 Å². The molecule has 3 N–H and O–H groups in total. The number of likely N-dealkylation sites (N-methyl/N-ethyl adjacent to an activating group) is 1. The van der Waals surface area contributed by atoms with Crippen LogP contribution in [0.3, 0.4) is 0 Å². The number of non-ortho nitro benzene ring substituents is 1. The topological polar surface area (TPSA) is 87.7 Å². The number of nitrogen functional groups attached to an aromatic ring is 1. The van der Waals surface area contributed by atoms with Gasteiger partial charge in [-0.1, -0.05) is 0 Å². The average Bonchev–Trinajstić information content (AvgIpc) is 2.41. The molecule has 0 unspecified atom stereocenters. The van der Waals surface area contributed by atoms with Crippen LogP contribution in [0.15, 0.2) is 18.2 Å². The van der Waals surface area contributed by atoms with Crippen LogP contribution in [0.5, 0.6) is 0 Å². The van der Waals surface area contributed by atoms with Crippen molar-refractivity contribution in [3.05, 3.63) is 33.9 Å². The molecule has 0 aromatic heterocycles. The van der Waals surface area contributed by atoms with E-state index < -0.39 is 0 Å². The molecule has 0 aliphatic carbocycles. The van der Waals surface area contributed by atoms with Crippen LogP contribution in [0, 0.1) is 10.1 Å². The third-order valence-electron chi connectivity index (χ3n) is 3.44. The maximum Gasteiger partial charge on any atom is 0.269 e. The van der Waals surface area contributed by atoms with E-state index in [1.807, 2.05) is 0 Å². The van der Waals surface area contributed by atoms with Crippen molar-refractivity contribution in [3.63, 3.8) is 0 Å². The number of nitrogens with two attached hydrogens (primary N) is 1. The van der Waals surface area contributed by atoms with Gasteiger partial charge in [0.05, 0.1) is 10.6 Å². The van der Waals surface area contributed by atoms with Crippen molar-refractivity contribution >= 4 is 11.4 Å². The number of nitro benzene ring substituents is 1. The lowest BCUT2D eigenvalue weighted by Crippen LogP contribution is -2.44. The highest BCUT2D eigenvalue weighted by atomic mass is 16.6. The second-order valence-electron chi connectivity index (χ2n) is 4.82. The second kappa shape index (κ2) is 5.96. The lowest BCUT2D eigenvalue weighted by molar-refractivity contribution is -0.384. The summed E-state index contributed by atoms with van der Waals surface area (Å²) < 4.78 is 0. The number of hydrogen-bond acceptors (Lipinski definition) is 6. The van der Waals surface area contributed by atoms with Gasteiger partial charge in [0.1, 0.15) is 0 Å². The predicted octanol–water partition coefficient (Wildman–Crippen LogP) is 0.628. The Hall–Kier alpha value is -1.70. The number of hydrazine groups is 1. The highest BCUT2D eigenvalue weighted by Gasteiger charge is 2.17. The van der Waals surface area contributed by atoms with Crippen molar-refractivity contribution in [3.8, 4) is 0 Å². The number of rotatable bonds is 4. The highest BCUT2D eigenvalue weighted by molar-refractivity contribution is 5.55. The highest BCUT2D eigenvalue weighted by Crippen LogP contribution is 2.23. The summed E-state index contributed by atoms with van der Waals surface area (Å²) in [5, 5.41) is 10.8. The van der Waals surface area contributed by atoms with E-state index >= 15 is 0 Å². The average molecular weight is 265 g/mol. The molecule has 0 atom stereocenters. The summed E-state index contributed by atoms with van der Waals surface area (Å²) in [5.74, 6) is 5.46. The lowest BCUT2D eigenvalue weighted by atomic mass is 10.1. The van der Waals surface area contributed by atoms with Crippen LogP contribution >= 0.6 is 0 Å². The number of hydrogen-bond donors (Lipinski definition) is 2. The first kappa shape index (κ1) is 13.7. The smallest absolute Gasteiger partial charge is 0.269 e. The minimum atomic E-state index is -0.381. The molecule has 104 valence electrons. The van der Waals surface area contributed by atoms with Gasteiger partial charge in [-0.2, -0.15) is 0 Å². The predicted molar refractivity (Wildman–Crippen MR) is 73.7 cm³/mol. The molecule has 19 heavy (non-hydrogen) atoms. The minimum Gasteiger partial charge on any atom is -0.324 e. The van der Waals surface area contributed by atoms with Gasteiger partial charge in [0.15, 0.2) is 0 Å². The van der Waals surface area contributed by atoms with Crippen LogP contribution in [-0.2, 0) is 6.54 Å². The summed E-state index contributed by atoms with van der Waals surface area (Å²) >= 11 is 0. The zero-order valence-electron chi connectivity index (χ0n) is 11.0. The van der Waals surface area contributed by atoms with E-state index in [0.717, 1.165) is 37.4 Å². The number of anilines is 1. The van der Waals surface area contributed by atoms with E-state index in [9.17, 15) is 10.1 Å². The van der Waals surface area contributed by atoms with Gasteiger partial charge in [-0.25, -0.2) is 0 Å². The summed E-state index contributed by atoms with van der Waals surface area (Å²) in [7, 11) is 2.09. The number of piperazine rings is 1. The Balaban J connectivity index is 2.13. The van der Waals surface area contributed by atoms with E-state index in [0.29, 0.717) is 6.54 Å². The molecule has 1 saturated heterocycles. The van der Waals surface area contributed by atoms with E-state index in [-0.39, 0.29) is 10.6 Å². The van der Waals surface area contributed by atoms with Gasteiger partial charge in [0, 0.05) is 44.9 Å². The SMILES string of the molecule is CN1CCN(Cc2cc([N+](=O)[O-])ccc2NN)CC1. The standard InChI is InChI=1S/C12H19N5O2/c1-15-4-6-16(7-5-15)9-10-8-11(17(18)19)2-3-12(10)14-13/h2-3,8,14H,4-7,9,13H2,1H3. The molecule has 1 aromatic rings. The van der Waals surface area contributed by atoms with Crippen LogP contribution in [0.4, 0.5) is 11.4 Å². The van der Waals surface area contributed by atoms with Crippen molar-refractivity contribution in [2.24, 2.45) is 5.84 Å². The zero-order chi connectivity index (χ0) is 13.8. The van der Waals surface area contributed by atoms with Crippen molar-refractivity contribution in [2.75, 3.05) is 38.7 Å². The lowest BCUT2D eigenvalue weighted by Gasteiger charge is -2.32. The van der Waals surface area contributed by atoms with E-state index in [4.69, 9.17) is 5.84 Å². The molecular weight excluding hydrogens is 246 g/mol. The summed E-state index contributed by atoms with van der Waals surface area (Å²) in [6, 6.07) is 4.71. The maximum atomic E-state index is 10.8. The van der Waals surface area contributed by atoms with E-state index in [2.05, 4.69) is 22.3 Å². The van der Waals surface area contributed by atoms with Crippen LogP contribution < -0.4 is 11.3 Å². The van der Waals surface area contributed by atoms with Crippen LogP contribution in [0.25, 0.3) is 0 Å². The Bertz CT molecular complexity index is 457. The first-order valence-electron chi connectivity index (χ1n) is 6.25. The number of nitrogens with one attached hydrogen (secondary N) is 1. The summed E-state index contributed by atoms with van der Waals surface area (Å²) in [6.07, 6.45) is 0. The van der Waals surface area contributed by atoms with Crippen LogP contribution in [0.2, 0.25) is 0 Å². The molecule has 0 bridgehead atoms. The molecule has 1 aliphatic rings. The number of benzene rings is 1. The number of nitrogens with zero attached hydrogens (tertiary/aromatic N) is 3. The molecule has 2 rings (SSSR count). The quantitative estimate of drug-likeness (QED) is 0.471. The van der Waals surface area contributed by atoms with E-state index in [1.54, 1.807) is 12.1 Å². The molecule has 1 heterocycles. The fourth-order valence-electron chi connectivity index (χ4n) is 2.21. The monoisotopic (exact) mass is 265 g/mol. The van der Waals surface area contributed by atoms with Crippen molar-refractivity contribution in [1.82, 2.24) is 9.80 Å². The fraction of sp³-hybridized carbons (Fsp3) is 0.500. The van der Waals surface area contributed by atoms with Crippen molar-refractivity contribution in [1.29, 1.82) is 0 Å². The Labute approximate surface area is 112 Å². The molecule has 0 amide bonds. The van der Waals surface area contributed by atoms with Gasteiger partial charge in [0.25, 0.3) is 5.69 Å². The first-order valence-corrected chi connectivity index (χ1v) is 6.25. The Morgan fingerprint density at radius 1 is 1.37 bits per heavy atom. The third kappa shape index (κ3) is 3.40. The Morgan fingerprint density at radius 3 is 2.63 bits per heavy atom. The van der Waals surface area contributed by atoms with Crippen molar-refractivity contribution < 1.29 is 4.92 Å². The van der Waals surface area contributed by atoms with Crippen LogP contribution in [0.1, 0.15) is 5.56 Å². The van der Waals surface area contributed by atoms with Gasteiger partial charge in [-0.3, -0.25) is 20.9 Å². The molecule has 7 nitrogen and oxygen atoms in total. The fourth-order valence-corrected chi connectivity index (χ4v) is 2.21.